The Kier molecular flexibility index (Phi) is 6.68. The van der Waals surface area contributed by atoms with Gasteiger partial charge in [0.1, 0.15) is 0 Å². The molecule has 2 unspecified atom stereocenters. The second-order valence-electron chi connectivity index (χ2n) is 6.00. The predicted octanol–water partition coefficient (Wildman–Crippen LogP) is 3.02. The van der Waals surface area contributed by atoms with Crippen molar-refractivity contribution in [2.45, 2.75) is 37.8 Å². The Balaban J connectivity index is 1.89. The molecule has 4 nitrogen and oxygen atoms in total. The summed E-state index contributed by atoms with van der Waals surface area (Å²) in [5, 5.41) is 3.75. The Morgan fingerprint density at radius 2 is 2.18 bits per heavy atom. The molecule has 1 aliphatic heterocycles. The molecule has 5 heteroatoms. The molecule has 0 spiro atoms. The smallest absolute Gasteiger partial charge is 0.222 e. The highest BCUT2D eigenvalue weighted by Crippen LogP contribution is 2.25. The average Bonchev–Trinajstić information content (AvgIpc) is 2.50. The lowest BCUT2D eigenvalue weighted by Gasteiger charge is -2.27. The molecule has 1 aliphatic rings. The van der Waals surface area contributed by atoms with Gasteiger partial charge in [0.25, 0.3) is 0 Å². The van der Waals surface area contributed by atoms with Crippen molar-refractivity contribution in [1.82, 2.24) is 10.2 Å². The van der Waals surface area contributed by atoms with Crippen LogP contribution in [0.3, 0.4) is 0 Å². The molecular formula is C17H25ClN2O2. The number of nitrogens with zero attached hydrogens (tertiary/aromatic N) is 1. The first-order valence-corrected chi connectivity index (χ1v) is 8.25. The first kappa shape index (κ1) is 17.3. The van der Waals surface area contributed by atoms with E-state index in [4.69, 9.17) is 16.3 Å². The molecule has 0 bridgehead atoms. The van der Waals surface area contributed by atoms with Crippen LogP contribution in [0, 0.1) is 0 Å². The summed E-state index contributed by atoms with van der Waals surface area (Å²) in [7, 11) is 3.98. The normalized spacial score (nSPS) is 19.9. The monoisotopic (exact) mass is 324 g/mol. The van der Waals surface area contributed by atoms with Crippen LogP contribution in [0.2, 0.25) is 5.02 Å². The fourth-order valence-corrected chi connectivity index (χ4v) is 3.04. The van der Waals surface area contributed by atoms with Crippen LogP contribution in [0.15, 0.2) is 24.3 Å². The molecule has 2 rings (SSSR count). The van der Waals surface area contributed by atoms with Crippen molar-refractivity contribution in [3.63, 3.8) is 0 Å². The summed E-state index contributed by atoms with van der Waals surface area (Å²) in [4.78, 5) is 14.2. The van der Waals surface area contributed by atoms with Crippen LogP contribution in [-0.2, 0) is 9.53 Å². The van der Waals surface area contributed by atoms with Crippen molar-refractivity contribution in [3.05, 3.63) is 34.9 Å². The number of benzene rings is 1. The van der Waals surface area contributed by atoms with Crippen LogP contribution >= 0.6 is 11.6 Å². The van der Waals surface area contributed by atoms with E-state index in [1.165, 1.54) is 0 Å². The van der Waals surface area contributed by atoms with Gasteiger partial charge in [-0.05, 0) is 45.0 Å². The van der Waals surface area contributed by atoms with Gasteiger partial charge in [0.2, 0.25) is 5.91 Å². The Hall–Kier alpha value is -1.10. The lowest BCUT2D eigenvalue weighted by atomic mass is 10.0. The van der Waals surface area contributed by atoms with E-state index in [2.05, 4.69) is 10.2 Å². The lowest BCUT2D eigenvalue weighted by Crippen LogP contribution is -2.36. The molecule has 0 radical (unpaired) electrons. The quantitative estimate of drug-likeness (QED) is 0.874. The van der Waals surface area contributed by atoms with E-state index in [0.717, 1.165) is 36.5 Å². The minimum Gasteiger partial charge on any atom is -0.378 e. The number of carbonyl (C=O) groups excluding carboxylic acids is 1. The number of likely N-dealkylation sites (N-methyl/N-ethyl adjacent to an activating group) is 1. The summed E-state index contributed by atoms with van der Waals surface area (Å²) in [6.45, 7) is 1.32. The van der Waals surface area contributed by atoms with Crippen LogP contribution in [0.5, 0.6) is 0 Å². The standard InChI is InChI=1S/C17H25ClN2O2/c1-20(2)16(14-8-3-4-9-15(14)18)12-19-17(21)11-13-7-5-6-10-22-13/h3-4,8-9,13,16H,5-7,10-12H2,1-2H3,(H,19,21). The molecule has 0 aromatic heterocycles. The summed E-state index contributed by atoms with van der Waals surface area (Å²) < 4.78 is 5.61. The van der Waals surface area contributed by atoms with Crippen LogP contribution in [0.1, 0.15) is 37.3 Å². The minimum absolute atomic E-state index is 0.0470. The number of amides is 1. The molecule has 122 valence electrons. The van der Waals surface area contributed by atoms with E-state index >= 15 is 0 Å². The number of nitrogens with one attached hydrogen (secondary N) is 1. The Morgan fingerprint density at radius 1 is 1.41 bits per heavy atom. The van der Waals surface area contributed by atoms with Gasteiger partial charge in [-0.15, -0.1) is 0 Å². The third-order valence-electron chi connectivity index (χ3n) is 4.07. The van der Waals surface area contributed by atoms with Gasteiger partial charge in [-0.25, -0.2) is 0 Å². The van der Waals surface area contributed by atoms with Crippen molar-refractivity contribution in [2.24, 2.45) is 0 Å². The third-order valence-corrected chi connectivity index (χ3v) is 4.41. The van der Waals surface area contributed by atoms with Crippen molar-refractivity contribution in [1.29, 1.82) is 0 Å². The van der Waals surface area contributed by atoms with Gasteiger partial charge < -0.3 is 15.0 Å². The second kappa shape index (κ2) is 8.51. The number of hydrogen-bond donors (Lipinski definition) is 1. The van der Waals surface area contributed by atoms with Crippen molar-refractivity contribution < 1.29 is 9.53 Å². The minimum atomic E-state index is 0.0470. The zero-order chi connectivity index (χ0) is 15.9. The first-order valence-electron chi connectivity index (χ1n) is 7.87. The molecule has 1 N–H and O–H groups in total. The van der Waals surface area contributed by atoms with Crippen LogP contribution < -0.4 is 5.32 Å². The topological polar surface area (TPSA) is 41.6 Å². The van der Waals surface area contributed by atoms with Gasteiger partial charge in [-0.1, -0.05) is 29.8 Å². The van der Waals surface area contributed by atoms with Crippen molar-refractivity contribution >= 4 is 17.5 Å². The van der Waals surface area contributed by atoms with E-state index < -0.39 is 0 Å². The molecule has 1 saturated heterocycles. The van der Waals surface area contributed by atoms with Crippen LogP contribution in [0.4, 0.5) is 0 Å². The fourth-order valence-electron chi connectivity index (χ4n) is 2.77. The van der Waals surface area contributed by atoms with Crippen molar-refractivity contribution in [2.75, 3.05) is 27.2 Å². The highest BCUT2D eigenvalue weighted by molar-refractivity contribution is 6.31. The number of hydrogen-bond acceptors (Lipinski definition) is 3. The zero-order valence-electron chi connectivity index (χ0n) is 13.3. The Morgan fingerprint density at radius 3 is 2.82 bits per heavy atom. The summed E-state index contributed by atoms with van der Waals surface area (Å²) >= 11 is 6.27. The average molecular weight is 325 g/mol. The molecule has 2 atom stereocenters. The molecule has 1 amide bonds. The summed E-state index contributed by atoms with van der Waals surface area (Å²) in [5.74, 6) is 0.0470. The van der Waals surface area contributed by atoms with Crippen molar-refractivity contribution in [3.8, 4) is 0 Å². The lowest BCUT2D eigenvalue weighted by molar-refractivity contribution is -0.125. The number of ether oxygens (including phenoxy) is 1. The van der Waals surface area contributed by atoms with E-state index in [0.29, 0.717) is 13.0 Å². The maximum absolute atomic E-state index is 12.1. The van der Waals surface area contributed by atoms with E-state index in [-0.39, 0.29) is 18.1 Å². The Labute approximate surface area is 137 Å². The molecule has 1 fully saturated rings. The molecular weight excluding hydrogens is 300 g/mol. The fraction of sp³-hybridized carbons (Fsp3) is 0.588. The SMILES string of the molecule is CN(C)C(CNC(=O)CC1CCCCO1)c1ccccc1Cl. The molecule has 0 saturated carbocycles. The maximum Gasteiger partial charge on any atom is 0.222 e. The highest BCUT2D eigenvalue weighted by Gasteiger charge is 2.20. The summed E-state index contributed by atoms with van der Waals surface area (Å²) in [6, 6.07) is 7.83. The summed E-state index contributed by atoms with van der Waals surface area (Å²) in [5.41, 5.74) is 1.03. The van der Waals surface area contributed by atoms with E-state index in [1.54, 1.807) is 0 Å². The van der Waals surface area contributed by atoms with Gasteiger partial charge in [-0.2, -0.15) is 0 Å². The van der Waals surface area contributed by atoms with Gasteiger partial charge >= 0.3 is 0 Å². The third kappa shape index (κ3) is 4.97. The highest BCUT2D eigenvalue weighted by atomic mass is 35.5. The van der Waals surface area contributed by atoms with E-state index in [9.17, 15) is 4.79 Å². The second-order valence-corrected chi connectivity index (χ2v) is 6.40. The number of halogens is 1. The molecule has 0 aliphatic carbocycles. The number of rotatable bonds is 6. The van der Waals surface area contributed by atoms with Crippen LogP contribution in [0.25, 0.3) is 0 Å². The summed E-state index contributed by atoms with van der Waals surface area (Å²) in [6.07, 6.45) is 3.76. The van der Waals surface area contributed by atoms with Gasteiger partial charge in [0.15, 0.2) is 0 Å². The predicted molar refractivity (Wildman–Crippen MR) is 89.1 cm³/mol. The van der Waals surface area contributed by atoms with Gasteiger partial charge in [-0.3, -0.25) is 4.79 Å². The zero-order valence-corrected chi connectivity index (χ0v) is 14.1. The Bertz CT molecular complexity index is 487. The molecule has 1 aromatic carbocycles. The maximum atomic E-state index is 12.1. The number of carbonyl (C=O) groups is 1. The first-order chi connectivity index (χ1) is 10.6. The van der Waals surface area contributed by atoms with Crippen LogP contribution in [-0.4, -0.2) is 44.2 Å². The molecule has 22 heavy (non-hydrogen) atoms. The largest absolute Gasteiger partial charge is 0.378 e. The van der Waals surface area contributed by atoms with E-state index in [1.807, 2.05) is 38.4 Å². The van der Waals surface area contributed by atoms with Gasteiger partial charge in [0.05, 0.1) is 18.6 Å². The molecule has 1 aromatic rings. The van der Waals surface area contributed by atoms with Gasteiger partial charge in [0, 0.05) is 18.2 Å². The molecule has 1 heterocycles.